The van der Waals surface area contributed by atoms with E-state index in [1.165, 1.54) is 49.0 Å². The Bertz CT molecular complexity index is 1110. The van der Waals surface area contributed by atoms with E-state index < -0.39 is 17.2 Å². The maximum absolute atomic E-state index is 12.5. The highest BCUT2D eigenvalue weighted by Gasteiger charge is 2.10. The Morgan fingerprint density at radius 2 is 1.85 bits per heavy atom. The van der Waals surface area contributed by atoms with E-state index in [2.05, 4.69) is 15.8 Å². The van der Waals surface area contributed by atoms with Crippen molar-refractivity contribution in [2.24, 2.45) is 0 Å². The van der Waals surface area contributed by atoms with Crippen molar-refractivity contribution in [2.75, 3.05) is 0 Å². The van der Waals surface area contributed by atoms with Crippen LogP contribution in [0.4, 0.5) is 0 Å². The summed E-state index contributed by atoms with van der Waals surface area (Å²) in [6, 6.07) is 5.88. The van der Waals surface area contributed by atoms with Crippen LogP contribution in [-0.2, 0) is 4.79 Å². The van der Waals surface area contributed by atoms with Gasteiger partial charge in [0.2, 0.25) is 0 Å². The van der Waals surface area contributed by atoms with Gasteiger partial charge in [0.1, 0.15) is 6.26 Å². The summed E-state index contributed by atoms with van der Waals surface area (Å²) in [5.41, 5.74) is 4.71. The van der Waals surface area contributed by atoms with Crippen LogP contribution in [0.5, 0.6) is 0 Å². The average molecular weight is 404 g/mol. The van der Waals surface area contributed by atoms with Crippen molar-refractivity contribution in [3.8, 4) is 0 Å². The second-order valence-corrected chi connectivity index (χ2v) is 6.14. The van der Waals surface area contributed by atoms with Crippen LogP contribution < -0.4 is 16.3 Å². The number of fused-ring (bicyclic) bond motifs is 1. The monoisotopic (exact) mass is 403 g/mol. The molecule has 27 heavy (non-hydrogen) atoms. The maximum Gasteiger partial charge on any atom is 0.269 e. The summed E-state index contributed by atoms with van der Waals surface area (Å²) in [5.74, 6) is -1.14. The smallest absolute Gasteiger partial charge is 0.269 e. The predicted molar refractivity (Wildman–Crippen MR) is 101 cm³/mol. The van der Waals surface area contributed by atoms with Gasteiger partial charge < -0.3 is 4.42 Å². The van der Waals surface area contributed by atoms with Gasteiger partial charge in [0, 0.05) is 29.1 Å². The normalized spacial score (nSPS) is 10.9. The molecule has 1 aromatic carbocycles. The molecule has 0 aliphatic heterocycles. The highest BCUT2D eigenvalue weighted by atomic mass is 35.5. The zero-order chi connectivity index (χ0) is 19.4. The number of rotatable bonds is 3. The van der Waals surface area contributed by atoms with E-state index in [1.807, 2.05) is 0 Å². The molecule has 0 fully saturated rings. The molecule has 7 nitrogen and oxygen atoms in total. The third kappa shape index (κ3) is 4.33. The maximum atomic E-state index is 12.5. The second-order valence-electron chi connectivity index (χ2n) is 5.30. The fourth-order valence-corrected chi connectivity index (χ4v) is 2.73. The van der Waals surface area contributed by atoms with Gasteiger partial charge in [0.15, 0.2) is 11.0 Å². The molecule has 3 aromatic rings. The number of nitrogens with one attached hydrogen (secondary N) is 2. The third-order valence-electron chi connectivity index (χ3n) is 3.47. The van der Waals surface area contributed by atoms with Crippen molar-refractivity contribution in [1.82, 2.24) is 15.8 Å². The van der Waals surface area contributed by atoms with Crippen molar-refractivity contribution < 1.29 is 14.0 Å². The summed E-state index contributed by atoms with van der Waals surface area (Å²) in [6.45, 7) is 0. The van der Waals surface area contributed by atoms with Gasteiger partial charge in [0.25, 0.3) is 11.8 Å². The van der Waals surface area contributed by atoms with Crippen LogP contribution in [0.3, 0.4) is 0 Å². The van der Waals surface area contributed by atoms with E-state index in [1.54, 1.807) is 0 Å². The van der Waals surface area contributed by atoms with Crippen LogP contribution in [0, 0.1) is 0 Å². The summed E-state index contributed by atoms with van der Waals surface area (Å²) in [5, 5.41) is 0.695. The van der Waals surface area contributed by atoms with Gasteiger partial charge in [-0.3, -0.25) is 30.2 Å². The van der Waals surface area contributed by atoms with Gasteiger partial charge in [-0.05, 0) is 30.3 Å². The van der Waals surface area contributed by atoms with Gasteiger partial charge in [-0.15, -0.1) is 0 Å². The van der Waals surface area contributed by atoms with Crippen LogP contribution in [0.2, 0.25) is 10.0 Å². The first-order valence-electron chi connectivity index (χ1n) is 7.54. The summed E-state index contributed by atoms with van der Waals surface area (Å²) in [7, 11) is 0. The standard InChI is InChI=1S/C18H11Cl2N3O4/c19-12-7-13-16(25)11(9-27-17(13)14(20)8-12)1-2-15(24)22-23-18(26)10-3-5-21-6-4-10/h1-9H,(H,22,24)(H,23,26)/b2-1+. The number of pyridine rings is 1. The van der Waals surface area contributed by atoms with Crippen molar-refractivity contribution in [3.05, 3.63) is 80.4 Å². The van der Waals surface area contributed by atoms with Crippen LogP contribution in [0.25, 0.3) is 17.0 Å². The Balaban J connectivity index is 1.72. The molecule has 0 bridgehead atoms. The summed E-state index contributed by atoms with van der Waals surface area (Å²) >= 11 is 11.9. The predicted octanol–water partition coefficient (Wildman–Crippen LogP) is 2.97. The number of amides is 2. The van der Waals surface area contributed by atoms with Crippen molar-refractivity contribution in [3.63, 3.8) is 0 Å². The molecule has 3 rings (SSSR count). The van der Waals surface area contributed by atoms with E-state index in [-0.39, 0.29) is 26.6 Å². The number of carbonyl (C=O) groups is 2. The zero-order valence-corrected chi connectivity index (χ0v) is 15.0. The van der Waals surface area contributed by atoms with Crippen molar-refractivity contribution >= 4 is 52.1 Å². The minimum absolute atomic E-state index is 0.122. The third-order valence-corrected chi connectivity index (χ3v) is 3.97. The number of hydrogen-bond donors (Lipinski definition) is 2. The highest BCUT2D eigenvalue weighted by Crippen LogP contribution is 2.26. The number of benzene rings is 1. The fraction of sp³-hybridized carbons (Fsp3) is 0. The lowest BCUT2D eigenvalue weighted by molar-refractivity contribution is -0.117. The zero-order valence-electron chi connectivity index (χ0n) is 13.5. The molecule has 0 saturated carbocycles. The van der Waals surface area contributed by atoms with Crippen LogP contribution in [-0.4, -0.2) is 16.8 Å². The van der Waals surface area contributed by atoms with E-state index in [0.29, 0.717) is 5.56 Å². The van der Waals surface area contributed by atoms with Gasteiger partial charge in [-0.25, -0.2) is 0 Å². The number of nitrogens with zero attached hydrogens (tertiary/aromatic N) is 1. The number of halogens is 2. The number of hydrazine groups is 1. The van der Waals surface area contributed by atoms with Crippen molar-refractivity contribution in [1.29, 1.82) is 0 Å². The molecule has 0 spiro atoms. The van der Waals surface area contributed by atoms with Gasteiger partial charge >= 0.3 is 0 Å². The Kier molecular flexibility index (Phi) is 5.54. The molecule has 0 radical (unpaired) electrons. The largest absolute Gasteiger partial charge is 0.462 e. The Morgan fingerprint density at radius 1 is 1.11 bits per heavy atom. The first-order valence-corrected chi connectivity index (χ1v) is 8.30. The Hall–Kier alpha value is -3.16. The minimum Gasteiger partial charge on any atom is -0.462 e. The molecule has 9 heteroatoms. The highest BCUT2D eigenvalue weighted by molar-refractivity contribution is 6.38. The molecule has 2 aromatic heterocycles. The number of hydrogen-bond acceptors (Lipinski definition) is 5. The number of carbonyl (C=O) groups excluding carboxylic acids is 2. The molecule has 0 aliphatic carbocycles. The lowest BCUT2D eigenvalue weighted by Crippen LogP contribution is -2.40. The van der Waals surface area contributed by atoms with E-state index in [0.717, 1.165) is 6.08 Å². The second kappa shape index (κ2) is 8.03. The quantitative estimate of drug-likeness (QED) is 0.516. The first-order chi connectivity index (χ1) is 13.0. The van der Waals surface area contributed by atoms with Crippen LogP contribution in [0.15, 0.2) is 58.2 Å². The molecule has 0 saturated heterocycles. The van der Waals surface area contributed by atoms with Crippen molar-refractivity contribution in [2.45, 2.75) is 0 Å². The molecule has 2 amide bonds. The Morgan fingerprint density at radius 3 is 2.59 bits per heavy atom. The molecule has 136 valence electrons. The van der Waals surface area contributed by atoms with E-state index in [4.69, 9.17) is 27.6 Å². The molecule has 0 atom stereocenters. The number of aromatic nitrogens is 1. The first kappa shape index (κ1) is 18.6. The average Bonchev–Trinajstić information content (AvgIpc) is 2.66. The summed E-state index contributed by atoms with van der Waals surface area (Å²) in [4.78, 5) is 39.9. The van der Waals surface area contributed by atoms with Crippen LogP contribution in [0.1, 0.15) is 15.9 Å². The lowest BCUT2D eigenvalue weighted by Gasteiger charge is -2.04. The molecule has 2 heterocycles. The molecular formula is C18H11Cl2N3O4. The minimum atomic E-state index is -0.638. The molecule has 2 N–H and O–H groups in total. The fourth-order valence-electron chi connectivity index (χ4n) is 2.20. The lowest BCUT2D eigenvalue weighted by atomic mass is 10.1. The van der Waals surface area contributed by atoms with Crippen LogP contribution >= 0.6 is 23.2 Å². The van der Waals surface area contributed by atoms with E-state index >= 15 is 0 Å². The SMILES string of the molecule is O=C(/C=C/c1coc2c(Cl)cc(Cl)cc2c1=O)NNC(=O)c1ccncc1. The molecular weight excluding hydrogens is 393 g/mol. The van der Waals surface area contributed by atoms with E-state index in [9.17, 15) is 14.4 Å². The summed E-state index contributed by atoms with van der Waals surface area (Å²) < 4.78 is 5.35. The Labute approximate surface area is 162 Å². The van der Waals surface area contributed by atoms with Gasteiger partial charge in [0.05, 0.1) is 16.0 Å². The van der Waals surface area contributed by atoms with Gasteiger partial charge in [-0.2, -0.15) is 0 Å². The molecule has 0 aliphatic rings. The van der Waals surface area contributed by atoms with Gasteiger partial charge in [-0.1, -0.05) is 23.2 Å². The molecule has 0 unspecified atom stereocenters. The summed E-state index contributed by atoms with van der Waals surface area (Å²) in [6.07, 6.45) is 6.43. The topological polar surface area (TPSA) is 101 Å².